The number of likely N-dealkylation sites (N-methyl/N-ethyl adjacent to an activating group) is 1. The van der Waals surface area contributed by atoms with Gasteiger partial charge in [0.15, 0.2) is 17.5 Å². The number of aromatic hydroxyl groups is 3. The average molecular weight is 1580 g/mol. The first kappa shape index (κ1) is 82.9. The van der Waals surface area contributed by atoms with Gasteiger partial charge in [0, 0.05) is 35.8 Å². The molecule has 8 amide bonds. The number of amides is 8. The molecule has 33 nitrogen and oxygen atoms in total. The van der Waals surface area contributed by atoms with Crippen molar-refractivity contribution in [1.29, 1.82) is 0 Å². The van der Waals surface area contributed by atoms with E-state index < -0.39 is 219 Å². The lowest BCUT2D eigenvalue weighted by Gasteiger charge is -2.40. The lowest BCUT2D eigenvalue weighted by atomic mass is 9.89. The zero-order valence-electron chi connectivity index (χ0n) is 60.5. The van der Waals surface area contributed by atoms with E-state index in [1.165, 1.54) is 32.0 Å². The van der Waals surface area contributed by atoms with E-state index in [-0.39, 0.29) is 52.9 Å². The molecule has 14 atom stereocenters. The van der Waals surface area contributed by atoms with Gasteiger partial charge in [-0.05, 0) is 120 Å². The Hall–Kier alpha value is -10.6. The molecule has 0 radical (unpaired) electrons. The van der Waals surface area contributed by atoms with Gasteiger partial charge in [-0.15, -0.1) is 0 Å². The summed E-state index contributed by atoms with van der Waals surface area (Å²) in [5.74, 6) is -15.9. The van der Waals surface area contributed by atoms with Crippen molar-refractivity contribution in [3.63, 3.8) is 0 Å². The normalized spacial score (nSPS) is 23.5. The van der Waals surface area contributed by atoms with Crippen LogP contribution in [0.1, 0.15) is 136 Å². The van der Waals surface area contributed by atoms with E-state index in [0.717, 1.165) is 98.0 Å². The SMILES string of the molecule is CCCCCCCCOc1ccc(CNCC(=O)NC[C@@H]2O[C@H](Oc3c4cc5cc3Oc3ccc(cc3Cl)[C@@H](O)[C@@H](NC(=O)[C@@H](CC(C)C)NC)C(=O)N[C@@H](CC(N)=O)C(=O)N[C@H]5C(=O)N[C@H]3C(=O)N[C@H](C(=O)N[C@H](C(=O)O)c5cc(O)cc(O)c5-c5cc3ccc5O)[C@H](O)c3ccc(c(Cl)c3)O4)[C@@H](O)[C@H](O)[C@H]2O)cc1. The quantitative estimate of drug-likeness (QED) is 0.0385. The first-order valence-electron chi connectivity index (χ1n) is 35.9. The highest BCUT2D eigenvalue weighted by atomic mass is 35.5. The number of hydrogen-bond donors (Lipinski definition) is 19. The molecule has 6 aliphatic rings. The first-order valence-corrected chi connectivity index (χ1v) is 36.6. The minimum absolute atomic E-state index is 0.0980. The van der Waals surface area contributed by atoms with Crippen molar-refractivity contribution in [2.24, 2.45) is 11.7 Å². The highest BCUT2D eigenvalue weighted by Crippen LogP contribution is 2.49. The molecular formula is C76H88Cl2N10O23. The predicted octanol–water partition coefficient (Wildman–Crippen LogP) is 3.52. The molecule has 111 heavy (non-hydrogen) atoms. The van der Waals surface area contributed by atoms with Crippen LogP contribution in [0.15, 0.2) is 103 Å². The number of rotatable bonds is 24. The molecule has 6 aliphatic heterocycles. The van der Waals surface area contributed by atoms with Crippen LogP contribution < -0.4 is 72.5 Å². The average Bonchev–Trinajstić information content (AvgIpc) is 0.767. The van der Waals surface area contributed by atoms with Gasteiger partial charge in [-0.1, -0.05) is 106 Å². The fraction of sp³-hybridized carbons (Fsp3) is 0.408. The maximum absolute atomic E-state index is 16.0. The molecule has 0 spiro atoms. The third-order valence-corrected chi connectivity index (χ3v) is 19.6. The number of carbonyl (C=O) groups excluding carboxylic acids is 8. The largest absolute Gasteiger partial charge is 0.508 e. The van der Waals surface area contributed by atoms with Crippen molar-refractivity contribution in [3.05, 3.63) is 147 Å². The minimum Gasteiger partial charge on any atom is -0.508 e. The highest BCUT2D eigenvalue weighted by molar-refractivity contribution is 6.32. The summed E-state index contributed by atoms with van der Waals surface area (Å²) >= 11 is 14.1. The molecular weight excluding hydrogens is 1490 g/mol. The van der Waals surface area contributed by atoms with E-state index in [2.05, 4.69) is 54.8 Å². The van der Waals surface area contributed by atoms with Crippen molar-refractivity contribution in [1.82, 2.24) is 47.9 Å². The van der Waals surface area contributed by atoms with Gasteiger partial charge in [0.1, 0.15) is 101 Å². The summed E-state index contributed by atoms with van der Waals surface area (Å²) in [6, 6.07) is 6.65. The van der Waals surface area contributed by atoms with Crippen LogP contribution in [0.25, 0.3) is 11.1 Å². The van der Waals surface area contributed by atoms with Crippen molar-refractivity contribution in [2.75, 3.05) is 26.7 Å². The predicted molar refractivity (Wildman–Crippen MR) is 396 cm³/mol. The summed E-state index contributed by atoms with van der Waals surface area (Å²) < 4.78 is 31.7. The number of unbranched alkanes of at least 4 members (excludes halogenated alkanes) is 5. The number of nitrogens with two attached hydrogens (primary N) is 1. The lowest BCUT2D eigenvalue weighted by Crippen LogP contribution is -2.61. The molecule has 11 bridgehead atoms. The highest BCUT2D eigenvalue weighted by Gasteiger charge is 2.47. The number of halogens is 2. The number of aliphatic hydroxyl groups is 5. The lowest BCUT2D eigenvalue weighted by molar-refractivity contribution is -0.271. The Morgan fingerprint density at radius 2 is 1.26 bits per heavy atom. The zero-order chi connectivity index (χ0) is 80.2. The Labute approximate surface area is 645 Å². The van der Waals surface area contributed by atoms with Crippen LogP contribution in [-0.4, -0.2) is 181 Å². The van der Waals surface area contributed by atoms with Crippen molar-refractivity contribution in [3.8, 4) is 62.9 Å². The Morgan fingerprint density at radius 1 is 0.640 bits per heavy atom. The number of carbonyl (C=O) groups is 9. The molecule has 594 valence electrons. The van der Waals surface area contributed by atoms with Gasteiger partial charge in [-0.3, -0.25) is 38.4 Å². The van der Waals surface area contributed by atoms with E-state index in [9.17, 15) is 74.7 Å². The van der Waals surface area contributed by atoms with E-state index >= 15 is 14.4 Å². The van der Waals surface area contributed by atoms with Crippen LogP contribution in [0.3, 0.4) is 0 Å². The molecule has 20 N–H and O–H groups in total. The number of ether oxygens (including phenoxy) is 5. The monoisotopic (exact) mass is 1580 g/mol. The Bertz CT molecular complexity index is 4460. The Morgan fingerprint density at radius 3 is 1.89 bits per heavy atom. The van der Waals surface area contributed by atoms with Gasteiger partial charge in [0.25, 0.3) is 0 Å². The van der Waals surface area contributed by atoms with Crippen LogP contribution in [0.2, 0.25) is 10.0 Å². The molecule has 12 rings (SSSR count). The maximum atomic E-state index is 16.0. The van der Waals surface area contributed by atoms with Gasteiger partial charge in [0.2, 0.25) is 59.3 Å². The van der Waals surface area contributed by atoms with Crippen molar-refractivity contribution >= 4 is 76.4 Å². The zero-order valence-corrected chi connectivity index (χ0v) is 62.0. The van der Waals surface area contributed by atoms with E-state index in [1.807, 2.05) is 38.1 Å². The number of benzene rings is 6. The van der Waals surface area contributed by atoms with Crippen LogP contribution in [0, 0.1) is 5.92 Å². The summed E-state index contributed by atoms with van der Waals surface area (Å²) in [5.41, 5.74) is 3.73. The third kappa shape index (κ3) is 20.1. The van der Waals surface area contributed by atoms with Crippen LogP contribution in [0.4, 0.5) is 0 Å². The summed E-state index contributed by atoms with van der Waals surface area (Å²) in [4.78, 5) is 130. The number of carboxylic acids is 1. The number of fused-ring (bicyclic) bond motifs is 15. The molecule has 1 saturated heterocycles. The van der Waals surface area contributed by atoms with Crippen molar-refractivity contribution in [2.45, 2.75) is 164 Å². The third-order valence-electron chi connectivity index (χ3n) is 19.0. The van der Waals surface area contributed by atoms with Crippen LogP contribution in [0.5, 0.6) is 51.7 Å². The summed E-state index contributed by atoms with van der Waals surface area (Å²) in [7, 11) is 1.47. The van der Waals surface area contributed by atoms with Gasteiger partial charge < -0.3 is 123 Å². The van der Waals surface area contributed by atoms with Crippen LogP contribution >= 0.6 is 23.2 Å². The molecule has 0 saturated carbocycles. The fourth-order valence-corrected chi connectivity index (χ4v) is 13.6. The van der Waals surface area contributed by atoms with Gasteiger partial charge in [-0.25, -0.2) is 4.79 Å². The molecule has 6 aromatic carbocycles. The number of aliphatic hydroxyl groups excluding tert-OH is 5. The molecule has 6 heterocycles. The molecule has 35 heteroatoms. The second kappa shape index (κ2) is 37.0. The van der Waals surface area contributed by atoms with E-state index in [0.29, 0.717) is 12.4 Å². The number of carboxylic acid groups (broad SMARTS) is 1. The second-order valence-electron chi connectivity index (χ2n) is 27.7. The standard InChI is InChI=1S/C76H88Cl2N10O23/c1-5-6-7-8-9-10-21-107-41-16-11-35(12-17-41)31-81-33-56(93)82-32-54-65(96)66(97)67(98)76(110-54)111-68-52-26-39-27-53(68)109-51-20-15-38(25-45(51)78)64(95)62-74(104)86-60(75(105)106)43-28-40(89)29-49(91)57(43)42-23-36(13-18-48(42)90)58(71(101)88-62)85-72(102)59(39)84-70(100)47(30-55(79)92)83-73(103)61(87-69(99)46(80-4)22-34(2)3)63(94)37-14-19-50(108-52)44(77)24-37/h11-20,23-29,34,46-47,54,58-67,76,80-81,89-91,94-98H,5-10,21-22,30-33H2,1-4H3,(H2,79,92)(H,82,93)(H,83,103)(H,84,100)(H,85,102)(H,86,104)(H,87,99)(H,88,101)(H,105,106)/t46-,47+,54+,58-,59-,60+,61-,62+,63-,64-,65+,66-,67+,76-/m1/s1. The smallest absolute Gasteiger partial charge is 0.330 e. The summed E-state index contributed by atoms with van der Waals surface area (Å²) in [6.45, 7) is 5.85. The van der Waals surface area contributed by atoms with Gasteiger partial charge >= 0.3 is 5.97 Å². The fourth-order valence-electron chi connectivity index (χ4n) is 13.1. The van der Waals surface area contributed by atoms with Crippen LogP contribution in [-0.2, 0) is 54.4 Å². The number of phenolic OH excluding ortho intramolecular Hbond substituents is 3. The number of hydrogen-bond acceptors (Lipinski definition) is 24. The molecule has 1 fully saturated rings. The Balaban J connectivity index is 1.10. The first-order chi connectivity index (χ1) is 52.9. The van der Waals surface area contributed by atoms with Gasteiger partial charge in [-0.2, -0.15) is 0 Å². The Kier molecular flexibility index (Phi) is 27.6. The topological polar surface area (TPSA) is 516 Å². The van der Waals surface area contributed by atoms with E-state index in [1.54, 1.807) is 0 Å². The number of nitrogens with one attached hydrogen (secondary N) is 9. The minimum atomic E-state index is -2.34. The molecule has 6 aromatic rings. The maximum Gasteiger partial charge on any atom is 0.330 e. The number of aliphatic carboxylic acids is 1. The molecule has 0 aliphatic carbocycles. The molecule has 0 unspecified atom stereocenters. The molecule has 0 aromatic heterocycles. The van der Waals surface area contributed by atoms with Crippen molar-refractivity contribution < 1.29 is 113 Å². The number of primary amides is 1. The van der Waals surface area contributed by atoms with Gasteiger partial charge in [0.05, 0.1) is 35.7 Å². The summed E-state index contributed by atoms with van der Waals surface area (Å²) in [6.07, 6.45) is -8.41. The summed E-state index contributed by atoms with van der Waals surface area (Å²) in [5, 5.41) is 126. The second-order valence-corrected chi connectivity index (χ2v) is 28.5. The van der Waals surface area contributed by atoms with E-state index in [4.69, 9.17) is 52.6 Å². The number of phenols is 3.